The first-order chi connectivity index (χ1) is 12.6. The molecule has 1 aromatic carbocycles. The number of carbonyl (C=O) groups is 1. The first-order valence-corrected chi connectivity index (χ1v) is 8.75. The lowest BCUT2D eigenvalue weighted by atomic mass is 9.99. The monoisotopic (exact) mass is 382 g/mol. The number of halogens is 2. The molecule has 0 spiro atoms. The van der Waals surface area contributed by atoms with Crippen LogP contribution >= 0.6 is 11.6 Å². The Morgan fingerprint density at radius 1 is 1.50 bits per heavy atom. The van der Waals surface area contributed by atoms with Crippen molar-refractivity contribution >= 4 is 17.5 Å². The van der Waals surface area contributed by atoms with Gasteiger partial charge in [0, 0.05) is 20.2 Å². The number of carbonyl (C=O) groups excluding carboxylic acids is 1. The first-order valence-electron chi connectivity index (χ1n) is 8.37. The second-order valence-electron chi connectivity index (χ2n) is 6.20. The first kappa shape index (κ1) is 18.7. The Balaban J connectivity index is 1.59. The molecule has 2 heterocycles. The SMILES string of the molecule is COCC1CCCN(C(=O)c2coc(COc3ccc(F)cc3Cl)n2)C1. The third-order valence-electron chi connectivity index (χ3n) is 4.22. The quantitative estimate of drug-likeness (QED) is 0.764. The van der Waals surface area contributed by atoms with Gasteiger partial charge in [0.1, 0.15) is 17.8 Å². The molecule has 3 rings (SSSR count). The van der Waals surface area contributed by atoms with E-state index in [1.54, 1.807) is 12.0 Å². The fraction of sp³-hybridized carbons (Fsp3) is 0.444. The van der Waals surface area contributed by atoms with Crippen LogP contribution in [0.3, 0.4) is 0 Å². The number of nitrogens with zero attached hydrogens (tertiary/aromatic N) is 2. The molecule has 0 bridgehead atoms. The lowest BCUT2D eigenvalue weighted by molar-refractivity contribution is 0.0565. The molecule has 6 nitrogen and oxygen atoms in total. The molecule has 1 amide bonds. The number of rotatable bonds is 6. The minimum Gasteiger partial charge on any atom is -0.482 e. The highest BCUT2D eigenvalue weighted by Crippen LogP contribution is 2.26. The minimum atomic E-state index is -0.445. The van der Waals surface area contributed by atoms with E-state index in [0.29, 0.717) is 31.4 Å². The van der Waals surface area contributed by atoms with Crippen LogP contribution in [-0.2, 0) is 11.3 Å². The van der Waals surface area contributed by atoms with Gasteiger partial charge in [-0.15, -0.1) is 0 Å². The summed E-state index contributed by atoms with van der Waals surface area (Å²) in [6.45, 7) is 1.98. The molecular weight excluding hydrogens is 363 g/mol. The summed E-state index contributed by atoms with van der Waals surface area (Å²) < 4.78 is 29.0. The summed E-state index contributed by atoms with van der Waals surface area (Å²) in [6.07, 6.45) is 3.32. The fourth-order valence-corrected chi connectivity index (χ4v) is 3.21. The zero-order valence-corrected chi connectivity index (χ0v) is 15.2. The fourth-order valence-electron chi connectivity index (χ4n) is 2.99. The highest BCUT2D eigenvalue weighted by molar-refractivity contribution is 6.32. The third-order valence-corrected chi connectivity index (χ3v) is 4.52. The van der Waals surface area contributed by atoms with Crippen molar-refractivity contribution in [3.05, 3.63) is 46.9 Å². The Kier molecular flexibility index (Phi) is 6.11. The van der Waals surface area contributed by atoms with Gasteiger partial charge in [-0.2, -0.15) is 0 Å². The summed E-state index contributed by atoms with van der Waals surface area (Å²) in [6, 6.07) is 3.84. The number of hydrogen-bond donors (Lipinski definition) is 0. The average molecular weight is 383 g/mol. The summed E-state index contributed by atoms with van der Waals surface area (Å²) >= 11 is 5.91. The Morgan fingerprint density at radius 3 is 3.12 bits per heavy atom. The van der Waals surface area contributed by atoms with Gasteiger partial charge in [-0.25, -0.2) is 9.37 Å². The summed E-state index contributed by atoms with van der Waals surface area (Å²) in [7, 11) is 1.66. The van der Waals surface area contributed by atoms with Crippen LogP contribution in [0.5, 0.6) is 5.75 Å². The molecule has 0 radical (unpaired) electrons. The molecule has 8 heteroatoms. The van der Waals surface area contributed by atoms with E-state index in [-0.39, 0.29) is 29.1 Å². The Morgan fingerprint density at radius 2 is 2.35 bits per heavy atom. The molecule has 1 fully saturated rings. The summed E-state index contributed by atoms with van der Waals surface area (Å²) in [4.78, 5) is 18.5. The van der Waals surface area contributed by atoms with Crippen molar-refractivity contribution in [2.24, 2.45) is 5.92 Å². The van der Waals surface area contributed by atoms with Crippen LogP contribution < -0.4 is 4.74 Å². The van der Waals surface area contributed by atoms with Crippen LogP contribution in [0.25, 0.3) is 0 Å². The smallest absolute Gasteiger partial charge is 0.275 e. The number of ether oxygens (including phenoxy) is 2. The molecule has 1 atom stereocenters. The zero-order valence-electron chi connectivity index (χ0n) is 14.4. The number of likely N-dealkylation sites (tertiary alicyclic amines) is 1. The number of methoxy groups -OCH3 is 1. The number of hydrogen-bond acceptors (Lipinski definition) is 5. The highest BCUT2D eigenvalue weighted by Gasteiger charge is 2.26. The normalized spacial score (nSPS) is 17.3. The second kappa shape index (κ2) is 8.51. The Labute approximate surface area is 155 Å². The molecule has 1 aromatic heterocycles. The van der Waals surface area contributed by atoms with Crippen LogP contribution in [-0.4, -0.2) is 42.6 Å². The van der Waals surface area contributed by atoms with Gasteiger partial charge in [0.25, 0.3) is 5.91 Å². The van der Waals surface area contributed by atoms with Crippen molar-refractivity contribution in [3.63, 3.8) is 0 Å². The summed E-state index contributed by atoms with van der Waals surface area (Å²) in [5.74, 6) is 0.296. The molecule has 1 aliphatic heterocycles. The van der Waals surface area contributed by atoms with Gasteiger partial charge in [-0.05, 0) is 37.0 Å². The summed E-state index contributed by atoms with van der Waals surface area (Å²) in [5, 5.41) is 0.158. The van der Waals surface area contributed by atoms with Crippen molar-refractivity contribution in [1.29, 1.82) is 0 Å². The van der Waals surface area contributed by atoms with Crippen molar-refractivity contribution in [3.8, 4) is 5.75 Å². The molecule has 0 aliphatic carbocycles. The number of aromatic nitrogens is 1. The summed E-state index contributed by atoms with van der Waals surface area (Å²) in [5.41, 5.74) is 0.242. The van der Waals surface area contributed by atoms with E-state index >= 15 is 0 Å². The van der Waals surface area contributed by atoms with E-state index < -0.39 is 5.82 Å². The van der Waals surface area contributed by atoms with Gasteiger partial charge >= 0.3 is 0 Å². The van der Waals surface area contributed by atoms with E-state index in [1.165, 1.54) is 18.4 Å². The maximum atomic E-state index is 13.0. The van der Waals surface area contributed by atoms with Crippen molar-refractivity contribution in [2.75, 3.05) is 26.8 Å². The van der Waals surface area contributed by atoms with E-state index in [9.17, 15) is 9.18 Å². The van der Waals surface area contributed by atoms with Gasteiger partial charge in [0.05, 0.1) is 11.6 Å². The van der Waals surface area contributed by atoms with Crippen molar-refractivity contribution in [1.82, 2.24) is 9.88 Å². The molecule has 1 saturated heterocycles. The second-order valence-corrected chi connectivity index (χ2v) is 6.61. The van der Waals surface area contributed by atoms with Gasteiger partial charge < -0.3 is 18.8 Å². The van der Waals surface area contributed by atoms with Crippen LogP contribution in [0, 0.1) is 11.7 Å². The van der Waals surface area contributed by atoms with Gasteiger partial charge in [0.15, 0.2) is 12.3 Å². The molecule has 1 aliphatic rings. The number of piperidine rings is 1. The maximum absolute atomic E-state index is 13.0. The third kappa shape index (κ3) is 4.53. The predicted molar refractivity (Wildman–Crippen MR) is 92.7 cm³/mol. The molecule has 1 unspecified atom stereocenters. The number of amides is 1. The predicted octanol–water partition coefficient (Wildman–Crippen LogP) is 3.54. The highest BCUT2D eigenvalue weighted by atomic mass is 35.5. The van der Waals surface area contributed by atoms with E-state index in [4.69, 9.17) is 25.5 Å². The Hall–Kier alpha value is -2.12. The standard InChI is InChI=1S/C18H20ClFN2O4/c1-24-9-12-3-2-6-22(8-12)18(23)15-10-26-17(21-15)11-25-16-5-4-13(20)7-14(16)19/h4-5,7,10,12H,2-3,6,8-9,11H2,1H3. The average Bonchev–Trinajstić information content (AvgIpc) is 3.10. The van der Waals surface area contributed by atoms with Crippen LogP contribution in [0.4, 0.5) is 4.39 Å². The molecular formula is C18H20ClFN2O4. The number of benzene rings is 1. The molecule has 2 aromatic rings. The van der Waals surface area contributed by atoms with Crippen LogP contribution in [0.15, 0.2) is 28.9 Å². The van der Waals surface area contributed by atoms with Crippen molar-refractivity contribution in [2.45, 2.75) is 19.4 Å². The largest absolute Gasteiger partial charge is 0.482 e. The molecule has 140 valence electrons. The molecule has 0 N–H and O–H groups in total. The van der Waals surface area contributed by atoms with E-state index in [1.807, 2.05) is 0 Å². The van der Waals surface area contributed by atoms with Crippen LogP contribution in [0.2, 0.25) is 5.02 Å². The maximum Gasteiger partial charge on any atom is 0.275 e. The Bertz CT molecular complexity index is 765. The van der Waals surface area contributed by atoms with Crippen molar-refractivity contribution < 1.29 is 23.1 Å². The topological polar surface area (TPSA) is 64.8 Å². The molecule has 26 heavy (non-hydrogen) atoms. The lowest BCUT2D eigenvalue weighted by Gasteiger charge is -2.31. The van der Waals surface area contributed by atoms with Gasteiger partial charge in [-0.1, -0.05) is 11.6 Å². The van der Waals surface area contributed by atoms with E-state index in [2.05, 4.69) is 4.98 Å². The molecule has 0 saturated carbocycles. The van der Waals surface area contributed by atoms with Gasteiger partial charge in [-0.3, -0.25) is 4.79 Å². The van der Waals surface area contributed by atoms with Crippen LogP contribution in [0.1, 0.15) is 29.2 Å². The van der Waals surface area contributed by atoms with E-state index in [0.717, 1.165) is 18.9 Å². The van der Waals surface area contributed by atoms with Gasteiger partial charge in [0.2, 0.25) is 5.89 Å². The lowest BCUT2D eigenvalue weighted by Crippen LogP contribution is -2.41. The minimum absolute atomic E-state index is 0.00900. The zero-order chi connectivity index (χ0) is 18.5. The number of oxazole rings is 1.